The van der Waals surface area contributed by atoms with Crippen LogP contribution in [0.4, 0.5) is 0 Å². The molecule has 33 heavy (non-hydrogen) atoms. The zero-order valence-corrected chi connectivity index (χ0v) is 21.4. The van der Waals surface area contributed by atoms with Gasteiger partial charge in [-0.25, -0.2) is 0 Å². The predicted octanol–water partition coefficient (Wildman–Crippen LogP) is 5.82. The van der Waals surface area contributed by atoms with Crippen LogP contribution in [0.2, 0.25) is 0 Å². The summed E-state index contributed by atoms with van der Waals surface area (Å²) in [5.41, 5.74) is 4.42. The highest BCUT2D eigenvalue weighted by Gasteiger charge is 2.41. The van der Waals surface area contributed by atoms with Crippen LogP contribution in [0.1, 0.15) is 93.0 Å². The molecule has 1 aliphatic heterocycles. The van der Waals surface area contributed by atoms with Crippen molar-refractivity contribution in [3.8, 4) is 5.75 Å². The molecular formula is C29H40N2O2. The molecule has 0 radical (unpaired) electrons. The van der Waals surface area contributed by atoms with E-state index < -0.39 is 0 Å². The lowest BCUT2D eigenvalue weighted by atomic mass is 9.78. The molecule has 1 amide bonds. The maximum atomic E-state index is 14.0. The molecule has 0 bridgehead atoms. The van der Waals surface area contributed by atoms with Crippen LogP contribution in [0, 0.1) is 0 Å². The molecule has 1 saturated heterocycles. The predicted molar refractivity (Wildman–Crippen MR) is 135 cm³/mol. The topological polar surface area (TPSA) is 43.8 Å². The van der Waals surface area contributed by atoms with Crippen LogP contribution in [0.5, 0.6) is 5.75 Å². The third-order valence-electron chi connectivity index (χ3n) is 7.49. The Hall–Kier alpha value is -2.33. The average molecular weight is 449 g/mol. The van der Waals surface area contributed by atoms with E-state index in [1.165, 1.54) is 24.0 Å². The molecule has 1 N–H and O–H groups in total. The number of phenolic OH excluding ortho intramolecular Hbond substituents is 1. The standard InChI is InChI=1S/C29H40N2O2/c1-28(2,3)22-16-20(17-23(26(22)32)29(4,5)6)27(33)30(7)25-21-13-9-8-12-19(21)18-24(25)31-14-10-11-15-31/h8-9,12-13,16-17,24-25,32H,10-11,14-15,18H2,1-7H3/t24-,25-/m1/s1. The first kappa shape index (κ1) is 23.8. The van der Waals surface area contributed by atoms with Gasteiger partial charge in [0.15, 0.2) is 0 Å². The van der Waals surface area contributed by atoms with Gasteiger partial charge in [0, 0.05) is 29.8 Å². The largest absolute Gasteiger partial charge is 0.507 e. The zero-order chi connectivity index (χ0) is 24.1. The van der Waals surface area contributed by atoms with E-state index in [1.54, 1.807) is 0 Å². The maximum absolute atomic E-state index is 14.0. The summed E-state index contributed by atoms with van der Waals surface area (Å²) in [6.45, 7) is 14.7. The summed E-state index contributed by atoms with van der Waals surface area (Å²) < 4.78 is 0. The van der Waals surface area contributed by atoms with E-state index in [0.29, 0.717) is 17.4 Å². The Morgan fingerprint density at radius 3 is 2.06 bits per heavy atom. The van der Waals surface area contributed by atoms with Gasteiger partial charge in [-0.2, -0.15) is 0 Å². The summed E-state index contributed by atoms with van der Waals surface area (Å²) in [4.78, 5) is 18.5. The van der Waals surface area contributed by atoms with Crippen molar-refractivity contribution in [1.82, 2.24) is 9.80 Å². The van der Waals surface area contributed by atoms with E-state index in [-0.39, 0.29) is 22.8 Å². The SMILES string of the molecule is CN(C(=O)c1cc(C(C)(C)C)c(O)c(C(C)(C)C)c1)[C@@H]1c2ccccc2C[C@H]1N1CCCC1. The number of likely N-dealkylation sites (N-methyl/N-ethyl adjacent to an activating group) is 1. The Bertz CT molecular complexity index is 1000. The minimum Gasteiger partial charge on any atom is -0.507 e. The highest BCUT2D eigenvalue weighted by Crippen LogP contribution is 2.42. The number of hydrogen-bond acceptors (Lipinski definition) is 3. The van der Waals surface area contributed by atoms with Gasteiger partial charge in [-0.1, -0.05) is 65.8 Å². The summed E-state index contributed by atoms with van der Waals surface area (Å²) >= 11 is 0. The number of hydrogen-bond donors (Lipinski definition) is 1. The molecule has 2 aromatic carbocycles. The van der Waals surface area contributed by atoms with Crippen LogP contribution < -0.4 is 0 Å². The van der Waals surface area contributed by atoms with E-state index in [1.807, 2.05) is 24.1 Å². The van der Waals surface area contributed by atoms with Crippen LogP contribution in [0.3, 0.4) is 0 Å². The van der Waals surface area contributed by atoms with Gasteiger partial charge in [0.05, 0.1) is 6.04 Å². The van der Waals surface area contributed by atoms with Crippen molar-refractivity contribution in [2.24, 2.45) is 0 Å². The third-order valence-corrected chi connectivity index (χ3v) is 7.49. The molecule has 4 heteroatoms. The molecular weight excluding hydrogens is 408 g/mol. The number of amides is 1. The Morgan fingerprint density at radius 1 is 0.970 bits per heavy atom. The van der Waals surface area contributed by atoms with Gasteiger partial charge >= 0.3 is 0 Å². The molecule has 1 heterocycles. The quantitative estimate of drug-likeness (QED) is 0.643. The van der Waals surface area contributed by atoms with Crippen LogP contribution in [-0.4, -0.2) is 47.0 Å². The van der Waals surface area contributed by atoms with Crippen molar-refractivity contribution < 1.29 is 9.90 Å². The number of carbonyl (C=O) groups excluding carboxylic acids is 1. The van der Waals surface area contributed by atoms with Gasteiger partial charge in [-0.3, -0.25) is 9.69 Å². The Balaban J connectivity index is 1.77. The Kier molecular flexibility index (Phi) is 6.11. The molecule has 1 aliphatic carbocycles. The third kappa shape index (κ3) is 4.42. The van der Waals surface area contributed by atoms with E-state index >= 15 is 0 Å². The molecule has 178 valence electrons. The highest BCUT2D eigenvalue weighted by atomic mass is 16.3. The van der Waals surface area contributed by atoms with Crippen molar-refractivity contribution in [3.63, 3.8) is 0 Å². The summed E-state index contributed by atoms with van der Waals surface area (Å²) in [6.07, 6.45) is 3.46. The van der Waals surface area contributed by atoms with Gasteiger partial charge in [0.25, 0.3) is 5.91 Å². The minimum absolute atomic E-state index is 0.0249. The first-order valence-corrected chi connectivity index (χ1v) is 12.4. The lowest BCUT2D eigenvalue weighted by Crippen LogP contribution is -2.44. The monoisotopic (exact) mass is 448 g/mol. The number of carbonyl (C=O) groups is 1. The van der Waals surface area contributed by atoms with Gasteiger partial charge in [0.2, 0.25) is 0 Å². The van der Waals surface area contributed by atoms with Crippen LogP contribution in [-0.2, 0) is 17.3 Å². The van der Waals surface area contributed by atoms with E-state index in [4.69, 9.17) is 0 Å². The van der Waals surface area contributed by atoms with Crippen LogP contribution >= 0.6 is 0 Å². The first-order valence-electron chi connectivity index (χ1n) is 12.4. The molecule has 0 unspecified atom stereocenters. The van der Waals surface area contributed by atoms with E-state index in [9.17, 15) is 9.90 Å². The molecule has 1 fully saturated rings. The Morgan fingerprint density at radius 2 is 1.52 bits per heavy atom. The summed E-state index contributed by atoms with van der Waals surface area (Å²) in [6, 6.07) is 12.8. The van der Waals surface area contributed by atoms with Gasteiger partial charge in [0.1, 0.15) is 5.75 Å². The van der Waals surface area contributed by atoms with Crippen molar-refractivity contribution in [2.45, 2.75) is 83.7 Å². The molecule has 0 spiro atoms. The molecule has 4 rings (SSSR count). The van der Waals surface area contributed by atoms with Crippen molar-refractivity contribution in [3.05, 3.63) is 64.2 Å². The second-order valence-electron chi connectivity index (χ2n) is 12.0. The summed E-state index contributed by atoms with van der Waals surface area (Å²) in [5.74, 6) is 0.340. The summed E-state index contributed by atoms with van der Waals surface area (Å²) in [5, 5.41) is 11.1. The smallest absolute Gasteiger partial charge is 0.254 e. The number of likely N-dealkylation sites (tertiary alicyclic amines) is 1. The molecule has 2 aliphatic rings. The second kappa shape index (κ2) is 8.47. The fraction of sp³-hybridized carbons (Fsp3) is 0.552. The molecule has 0 aromatic heterocycles. The number of nitrogens with zero attached hydrogens (tertiary/aromatic N) is 2. The number of benzene rings is 2. The van der Waals surface area contributed by atoms with Gasteiger partial charge in [-0.15, -0.1) is 0 Å². The van der Waals surface area contributed by atoms with Gasteiger partial charge in [-0.05, 0) is 66.4 Å². The number of aromatic hydroxyl groups is 1. The number of phenols is 1. The summed E-state index contributed by atoms with van der Waals surface area (Å²) in [7, 11) is 1.96. The fourth-order valence-corrected chi connectivity index (χ4v) is 5.65. The zero-order valence-electron chi connectivity index (χ0n) is 21.4. The van der Waals surface area contributed by atoms with E-state index in [2.05, 4.69) is 70.7 Å². The molecule has 0 saturated carbocycles. The lowest BCUT2D eigenvalue weighted by Gasteiger charge is -2.36. The van der Waals surface area contributed by atoms with Crippen LogP contribution in [0.15, 0.2) is 36.4 Å². The lowest BCUT2D eigenvalue weighted by molar-refractivity contribution is 0.0624. The van der Waals surface area contributed by atoms with Gasteiger partial charge < -0.3 is 10.0 Å². The number of fused-ring (bicyclic) bond motifs is 1. The first-order chi connectivity index (χ1) is 15.4. The second-order valence-corrected chi connectivity index (χ2v) is 12.0. The fourth-order valence-electron chi connectivity index (χ4n) is 5.65. The van der Waals surface area contributed by atoms with Crippen LogP contribution in [0.25, 0.3) is 0 Å². The molecule has 4 nitrogen and oxygen atoms in total. The molecule has 2 atom stereocenters. The normalized spacial score (nSPS) is 21.3. The van der Waals surface area contributed by atoms with Crippen molar-refractivity contribution >= 4 is 5.91 Å². The minimum atomic E-state index is -0.267. The Labute approximate surface area is 199 Å². The average Bonchev–Trinajstić information content (AvgIpc) is 3.38. The maximum Gasteiger partial charge on any atom is 0.254 e. The van der Waals surface area contributed by atoms with Crippen molar-refractivity contribution in [1.29, 1.82) is 0 Å². The highest BCUT2D eigenvalue weighted by molar-refractivity contribution is 5.95. The van der Waals surface area contributed by atoms with Crippen molar-refractivity contribution in [2.75, 3.05) is 20.1 Å². The molecule has 2 aromatic rings. The van der Waals surface area contributed by atoms with E-state index in [0.717, 1.165) is 30.6 Å². The number of rotatable bonds is 3.